The third kappa shape index (κ3) is 2.88. The topological polar surface area (TPSA) is 50.4 Å². The largest absolute Gasteiger partial charge is 0.447 e. The Hall–Kier alpha value is -0.770. The molecule has 1 aliphatic carbocycles. The number of alkyl carbamates (subject to hydrolysis) is 1. The molecule has 1 aliphatic heterocycles. The monoisotopic (exact) mass is 226 g/mol. The third-order valence-electron chi connectivity index (χ3n) is 3.62. The van der Waals surface area contributed by atoms with Gasteiger partial charge in [0.1, 0.15) is 0 Å². The van der Waals surface area contributed by atoms with Crippen LogP contribution in [0.5, 0.6) is 0 Å². The highest BCUT2D eigenvalue weighted by molar-refractivity contribution is 5.67. The van der Waals surface area contributed by atoms with Crippen molar-refractivity contribution in [3.8, 4) is 0 Å². The fraction of sp³-hybridized carbons (Fsp3) is 0.917. The third-order valence-corrected chi connectivity index (χ3v) is 3.62. The second-order valence-electron chi connectivity index (χ2n) is 5.29. The van der Waals surface area contributed by atoms with E-state index < -0.39 is 0 Å². The fourth-order valence-corrected chi connectivity index (χ4v) is 2.85. The highest BCUT2D eigenvalue weighted by Gasteiger charge is 2.34. The standard InChI is InChI=1S/C12H22N2O2/c1-8(2)16-12(15)14-11-4-3-9-6-13-7-10(9)5-11/h8-11,13H,3-7H2,1-2H3,(H,14,15)/t9-,10+,11?/m0/s1. The predicted molar refractivity (Wildman–Crippen MR) is 62.2 cm³/mol. The van der Waals surface area contributed by atoms with Crippen molar-refractivity contribution in [1.82, 2.24) is 10.6 Å². The minimum absolute atomic E-state index is 0.0375. The molecule has 0 spiro atoms. The van der Waals surface area contributed by atoms with Crippen molar-refractivity contribution in [2.75, 3.05) is 13.1 Å². The van der Waals surface area contributed by atoms with Crippen LogP contribution < -0.4 is 10.6 Å². The van der Waals surface area contributed by atoms with Crippen molar-refractivity contribution < 1.29 is 9.53 Å². The van der Waals surface area contributed by atoms with Crippen LogP contribution >= 0.6 is 0 Å². The Balaban J connectivity index is 1.76. The molecule has 1 unspecified atom stereocenters. The molecule has 1 amide bonds. The molecule has 0 aromatic rings. The van der Waals surface area contributed by atoms with Gasteiger partial charge in [-0.05, 0) is 58.0 Å². The molecule has 2 fully saturated rings. The Morgan fingerprint density at radius 1 is 1.31 bits per heavy atom. The van der Waals surface area contributed by atoms with Gasteiger partial charge in [0.15, 0.2) is 0 Å². The fourth-order valence-electron chi connectivity index (χ4n) is 2.85. The van der Waals surface area contributed by atoms with Crippen LogP contribution in [0.3, 0.4) is 0 Å². The number of amides is 1. The van der Waals surface area contributed by atoms with Crippen LogP contribution in [0, 0.1) is 11.8 Å². The van der Waals surface area contributed by atoms with Crippen LogP contribution in [0.1, 0.15) is 33.1 Å². The molecule has 0 radical (unpaired) electrons. The first kappa shape index (κ1) is 11.7. The van der Waals surface area contributed by atoms with Crippen LogP contribution in [-0.2, 0) is 4.74 Å². The number of carbonyl (C=O) groups is 1. The maximum absolute atomic E-state index is 11.5. The lowest BCUT2D eigenvalue weighted by atomic mass is 9.79. The molecule has 0 bridgehead atoms. The minimum atomic E-state index is -0.260. The second-order valence-corrected chi connectivity index (χ2v) is 5.29. The Bertz CT molecular complexity index is 255. The summed E-state index contributed by atoms with van der Waals surface area (Å²) < 4.78 is 5.10. The van der Waals surface area contributed by atoms with E-state index in [1.807, 2.05) is 13.8 Å². The van der Waals surface area contributed by atoms with Crippen molar-refractivity contribution in [3.05, 3.63) is 0 Å². The molecule has 0 aromatic carbocycles. The number of rotatable bonds is 2. The summed E-state index contributed by atoms with van der Waals surface area (Å²) in [5.41, 5.74) is 0. The SMILES string of the molecule is CC(C)OC(=O)NC1CC[C@H]2CNC[C@H]2C1. The summed E-state index contributed by atoms with van der Waals surface area (Å²) in [5.74, 6) is 1.58. The van der Waals surface area contributed by atoms with Gasteiger partial charge < -0.3 is 15.4 Å². The maximum atomic E-state index is 11.5. The van der Waals surface area contributed by atoms with Crippen molar-refractivity contribution in [2.45, 2.75) is 45.3 Å². The quantitative estimate of drug-likeness (QED) is 0.750. The Labute approximate surface area is 97.1 Å². The number of carbonyl (C=O) groups excluding carboxylic acids is 1. The molecule has 1 saturated carbocycles. The first-order valence-corrected chi connectivity index (χ1v) is 6.33. The van der Waals surface area contributed by atoms with Gasteiger partial charge in [-0.1, -0.05) is 0 Å². The minimum Gasteiger partial charge on any atom is -0.447 e. The molecule has 2 rings (SSSR count). The zero-order chi connectivity index (χ0) is 11.5. The van der Waals surface area contributed by atoms with Gasteiger partial charge in [0, 0.05) is 6.04 Å². The van der Waals surface area contributed by atoms with Crippen molar-refractivity contribution >= 4 is 6.09 Å². The lowest BCUT2D eigenvalue weighted by molar-refractivity contribution is 0.107. The summed E-state index contributed by atoms with van der Waals surface area (Å²) in [6.07, 6.45) is 3.12. The van der Waals surface area contributed by atoms with Crippen molar-refractivity contribution in [2.24, 2.45) is 11.8 Å². The summed E-state index contributed by atoms with van der Waals surface area (Å²) in [4.78, 5) is 11.5. The van der Waals surface area contributed by atoms with Gasteiger partial charge >= 0.3 is 6.09 Å². The maximum Gasteiger partial charge on any atom is 0.407 e. The Morgan fingerprint density at radius 3 is 2.81 bits per heavy atom. The first-order chi connectivity index (χ1) is 7.65. The molecule has 1 heterocycles. The van der Waals surface area contributed by atoms with E-state index in [2.05, 4.69) is 10.6 Å². The number of nitrogens with one attached hydrogen (secondary N) is 2. The normalized spacial score (nSPS) is 33.6. The van der Waals surface area contributed by atoms with Crippen LogP contribution in [0.2, 0.25) is 0 Å². The number of fused-ring (bicyclic) bond motifs is 1. The molecular weight excluding hydrogens is 204 g/mol. The molecule has 2 aliphatic rings. The van der Waals surface area contributed by atoms with Gasteiger partial charge in [0.05, 0.1) is 6.10 Å². The predicted octanol–water partition coefficient (Wildman–Crippen LogP) is 1.51. The van der Waals surface area contributed by atoms with E-state index in [0.717, 1.165) is 37.8 Å². The van der Waals surface area contributed by atoms with Crippen LogP contribution in [-0.4, -0.2) is 31.3 Å². The lowest BCUT2D eigenvalue weighted by Gasteiger charge is -2.31. The molecule has 3 atom stereocenters. The van der Waals surface area contributed by atoms with E-state index in [-0.39, 0.29) is 12.2 Å². The smallest absolute Gasteiger partial charge is 0.407 e. The van der Waals surface area contributed by atoms with Gasteiger partial charge in [0.2, 0.25) is 0 Å². The van der Waals surface area contributed by atoms with E-state index in [0.29, 0.717) is 6.04 Å². The molecule has 4 nitrogen and oxygen atoms in total. The van der Waals surface area contributed by atoms with E-state index in [9.17, 15) is 4.79 Å². The zero-order valence-electron chi connectivity index (χ0n) is 10.2. The van der Waals surface area contributed by atoms with E-state index >= 15 is 0 Å². The summed E-state index contributed by atoms with van der Waals surface area (Å²) >= 11 is 0. The Kier molecular flexibility index (Phi) is 3.69. The average molecular weight is 226 g/mol. The second kappa shape index (κ2) is 5.04. The van der Waals surface area contributed by atoms with E-state index in [4.69, 9.17) is 4.74 Å². The van der Waals surface area contributed by atoms with Crippen molar-refractivity contribution in [3.63, 3.8) is 0 Å². The van der Waals surface area contributed by atoms with Gasteiger partial charge in [-0.25, -0.2) is 4.79 Å². The summed E-state index contributed by atoms with van der Waals surface area (Å²) in [6, 6.07) is 0.312. The molecule has 1 saturated heterocycles. The van der Waals surface area contributed by atoms with Gasteiger partial charge in [-0.2, -0.15) is 0 Å². The van der Waals surface area contributed by atoms with E-state index in [1.54, 1.807) is 0 Å². The van der Waals surface area contributed by atoms with Crippen LogP contribution in [0.15, 0.2) is 0 Å². The van der Waals surface area contributed by atoms with Gasteiger partial charge in [0.25, 0.3) is 0 Å². The highest BCUT2D eigenvalue weighted by Crippen LogP contribution is 2.32. The zero-order valence-corrected chi connectivity index (χ0v) is 10.2. The average Bonchev–Trinajstić information content (AvgIpc) is 2.63. The van der Waals surface area contributed by atoms with Gasteiger partial charge in [-0.15, -0.1) is 0 Å². The molecular formula is C12H22N2O2. The molecule has 0 aromatic heterocycles. The summed E-state index contributed by atoms with van der Waals surface area (Å²) in [6.45, 7) is 6.02. The van der Waals surface area contributed by atoms with E-state index in [1.165, 1.54) is 6.42 Å². The van der Waals surface area contributed by atoms with Crippen LogP contribution in [0.4, 0.5) is 4.79 Å². The lowest BCUT2D eigenvalue weighted by Crippen LogP contribution is -2.41. The number of hydrogen-bond donors (Lipinski definition) is 2. The molecule has 4 heteroatoms. The highest BCUT2D eigenvalue weighted by atomic mass is 16.6. The summed E-state index contributed by atoms with van der Waals surface area (Å²) in [7, 11) is 0. The Morgan fingerprint density at radius 2 is 2.06 bits per heavy atom. The molecule has 92 valence electrons. The molecule has 16 heavy (non-hydrogen) atoms. The molecule has 2 N–H and O–H groups in total. The first-order valence-electron chi connectivity index (χ1n) is 6.33. The van der Waals surface area contributed by atoms with Crippen molar-refractivity contribution in [1.29, 1.82) is 0 Å². The summed E-state index contributed by atoms with van der Waals surface area (Å²) in [5, 5.41) is 6.40. The number of ether oxygens (including phenoxy) is 1. The van der Waals surface area contributed by atoms with Crippen LogP contribution in [0.25, 0.3) is 0 Å². The van der Waals surface area contributed by atoms with Gasteiger partial charge in [-0.3, -0.25) is 0 Å². The number of hydrogen-bond acceptors (Lipinski definition) is 3.